The summed E-state index contributed by atoms with van der Waals surface area (Å²) in [6.07, 6.45) is 1.19. The van der Waals surface area contributed by atoms with Gasteiger partial charge in [-0.2, -0.15) is 0 Å². The summed E-state index contributed by atoms with van der Waals surface area (Å²) < 4.78 is 0. The number of rotatable bonds is 2. The summed E-state index contributed by atoms with van der Waals surface area (Å²) in [5, 5.41) is 0.738. The predicted molar refractivity (Wildman–Crippen MR) is 82.3 cm³/mol. The number of carbonyl (C=O) groups is 1. The van der Waals surface area contributed by atoms with E-state index in [1.807, 2.05) is 30.3 Å². The van der Waals surface area contributed by atoms with Gasteiger partial charge in [0.2, 0.25) is 5.91 Å². The minimum Gasteiger partial charge on any atom is -0.370 e. The Kier molecular flexibility index (Phi) is 3.72. The molecule has 1 heterocycles. The Labute approximate surface area is 127 Å². The molecule has 1 unspecified atom stereocenters. The lowest BCUT2D eigenvalue weighted by Gasteiger charge is -2.15. The van der Waals surface area contributed by atoms with E-state index >= 15 is 0 Å². The quantitative estimate of drug-likeness (QED) is 0.911. The molecule has 0 aliphatic carbocycles. The van der Waals surface area contributed by atoms with E-state index in [9.17, 15) is 4.79 Å². The molecule has 0 radical (unpaired) electrons. The predicted octanol–water partition coefficient (Wildman–Crippen LogP) is 4.01. The molecule has 1 amide bonds. The van der Waals surface area contributed by atoms with Crippen molar-refractivity contribution in [2.75, 3.05) is 0 Å². The third-order valence-corrected chi connectivity index (χ3v) is 4.95. The Bertz CT molecular complexity index is 671. The third-order valence-electron chi connectivity index (χ3n) is 3.52. The largest absolute Gasteiger partial charge is 0.370 e. The SMILES string of the molecule is NC(=O)CC1Cc2ccc(Cl)cc2Sc2ccccc21. The van der Waals surface area contributed by atoms with E-state index in [0.717, 1.165) is 16.3 Å². The van der Waals surface area contributed by atoms with Gasteiger partial charge < -0.3 is 5.73 Å². The van der Waals surface area contributed by atoms with E-state index in [0.29, 0.717) is 6.42 Å². The molecule has 3 rings (SSSR count). The lowest BCUT2D eigenvalue weighted by Crippen LogP contribution is -2.16. The molecule has 0 saturated carbocycles. The molecular formula is C16H14ClNOS. The fourth-order valence-electron chi connectivity index (χ4n) is 2.62. The molecule has 0 saturated heterocycles. The van der Waals surface area contributed by atoms with E-state index in [4.69, 9.17) is 17.3 Å². The van der Waals surface area contributed by atoms with Crippen molar-refractivity contribution in [1.82, 2.24) is 0 Å². The van der Waals surface area contributed by atoms with Crippen molar-refractivity contribution in [2.45, 2.75) is 28.6 Å². The van der Waals surface area contributed by atoms with Crippen molar-refractivity contribution in [3.8, 4) is 0 Å². The number of hydrogen-bond acceptors (Lipinski definition) is 2. The zero-order chi connectivity index (χ0) is 14.1. The molecule has 1 atom stereocenters. The first-order valence-electron chi connectivity index (χ1n) is 6.47. The molecule has 2 nitrogen and oxygen atoms in total. The zero-order valence-electron chi connectivity index (χ0n) is 10.8. The van der Waals surface area contributed by atoms with Crippen LogP contribution in [0.5, 0.6) is 0 Å². The van der Waals surface area contributed by atoms with Crippen LogP contribution in [0.1, 0.15) is 23.5 Å². The molecule has 2 aromatic carbocycles. The summed E-state index contributed by atoms with van der Waals surface area (Å²) >= 11 is 7.80. The molecule has 2 aromatic rings. The van der Waals surface area contributed by atoms with Gasteiger partial charge in [-0.05, 0) is 41.7 Å². The highest BCUT2D eigenvalue weighted by Crippen LogP contribution is 2.43. The molecule has 102 valence electrons. The summed E-state index contributed by atoms with van der Waals surface area (Å²) in [4.78, 5) is 13.7. The summed E-state index contributed by atoms with van der Waals surface area (Å²) in [7, 11) is 0. The topological polar surface area (TPSA) is 43.1 Å². The highest BCUT2D eigenvalue weighted by atomic mass is 35.5. The first kappa shape index (κ1) is 13.5. The van der Waals surface area contributed by atoms with Gasteiger partial charge in [0.05, 0.1) is 0 Å². The zero-order valence-corrected chi connectivity index (χ0v) is 12.4. The standard InChI is InChI=1S/C16H14ClNOS/c17-12-6-5-10-7-11(8-16(18)19)13-3-1-2-4-14(13)20-15(10)9-12/h1-6,9,11H,7-8H2,(H2,18,19). The van der Waals surface area contributed by atoms with Gasteiger partial charge in [-0.1, -0.05) is 47.6 Å². The number of nitrogens with two attached hydrogens (primary N) is 1. The average molecular weight is 304 g/mol. The van der Waals surface area contributed by atoms with Gasteiger partial charge in [0.1, 0.15) is 0 Å². The summed E-state index contributed by atoms with van der Waals surface area (Å²) in [5.74, 6) is -0.120. The molecule has 1 aliphatic rings. The van der Waals surface area contributed by atoms with Gasteiger partial charge in [0, 0.05) is 21.2 Å². The number of halogens is 1. The van der Waals surface area contributed by atoms with Crippen LogP contribution in [0.4, 0.5) is 0 Å². The minimum atomic E-state index is -0.257. The van der Waals surface area contributed by atoms with E-state index in [-0.39, 0.29) is 11.8 Å². The van der Waals surface area contributed by atoms with Crippen LogP contribution in [0, 0.1) is 0 Å². The average Bonchev–Trinajstić information content (AvgIpc) is 2.55. The van der Waals surface area contributed by atoms with E-state index in [1.54, 1.807) is 11.8 Å². The lowest BCUT2D eigenvalue weighted by atomic mass is 9.89. The molecule has 0 bridgehead atoms. The molecule has 20 heavy (non-hydrogen) atoms. The van der Waals surface area contributed by atoms with Gasteiger partial charge in [-0.25, -0.2) is 0 Å². The molecule has 0 aromatic heterocycles. The first-order chi connectivity index (χ1) is 9.63. The normalized spacial score (nSPS) is 16.9. The maximum absolute atomic E-state index is 11.3. The molecule has 4 heteroatoms. The Morgan fingerprint density at radius 3 is 2.85 bits per heavy atom. The lowest BCUT2D eigenvalue weighted by molar-refractivity contribution is -0.118. The van der Waals surface area contributed by atoms with Crippen LogP contribution in [0.2, 0.25) is 5.02 Å². The number of primary amides is 1. The van der Waals surface area contributed by atoms with Crippen molar-refractivity contribution in [2.24, 2.45) is 5.73 Å². The summed E-state index contributed by atoms with van der Waals surface area (Å²) in [6, 6.07) is 14.1. The van der Waals surface area contributed by atoms with Crippen molar-refractivity contribution < 1.29 is 4.79 Å². The smallest absolute Gasteiger partial charge is 0.218 e. The first-order valence-corrected chi connectivity index (χ1v) is 7.66. The van der Waals surface area contributed by atoms with E-state index in [1.165, 1.54) is 16.0 Å². The Morgan fingerprint density at radius 2 is 2.05 bits per heavy atom. The van der Waals surface area contributed by atoms with Crippen molar-refractivity contribution in [3.05, 3.63) is 58.6 Å². The van der Waals surface area contributed by atoms with Crippen molar-refractivity contribution >= 4 is 29.3 Å². The van der Waals surface area contributed by atoms with Crippen LogP contribution in [0.3, 0.4) is 0 Å². The van der Waals surface area contributed by atoms with Crippen molar-refractivity contribution in [3.63, 3.8) is 0 Å². The number of amides is 1. The second-order valence-corrected chi connectivity index (χ2v) is 6.48. The highest BCUT2D eigenvalue weighted by Gasteiger charge is 2.23. The van der Waals surface area contributed by atoms with Gasteiger partial charge >= 0.3 is 0 Å². The van der Waals surface area contributed by atoms with Crippen LogP contribution in [0.25, 0.3) is 0 Å². The fourth-order valence-corrected chi connectivity index (χ4v) is 4.06. The van der Waals surface area contributed by atoms with Crippen LogP contribution >= 0.6 is 23.4 Å². The molecule has 0 spiro atoms. The fraction of sp³-hybridized carbons (Fsp3) is 0.188. The monoisotopic (exact) mass is 303 g/mol. The minimum absolute atomic E-state index is 0.138. The van der Waals surface area contributed by atoms with Crippen LogP contribution in [0.15, 0.2) is 52.3 Å². The highest BCUT2D eigenvalue weighted by molar-refractivity contribution is 7.99. The van der Waals surface area contributed by atoms with E-state index in [2.05, 4.69) is 12.1 Å². The summed E-state index contributed by atoms with van der Waals surface area (Å²) in [5.41, 5.74) is 7.83. The van der Waals surface area contributed by atoms with Gasteiger partial charge in [-0.15, -0.1) is 0 Å². The molecular weight excluding hydrogens is 290 g/mol. The second kappa shape index (κ2) is 5.51. The van der Waals surface area contributed by atoms with E-state index < -0.39 is 0 Å². The van der Waals surface area contributed by atoms with Gasteiger partial charge in [0.15, 0.2) is 0 Å². The molecule has 2 N–H and O–H groups in total. The number of carbonyl (C=O) groups excluding carboxylic acids is 1. The third kappa shape index (κ3) is 2.69. The van der Waals surface area contributed by atoms with Crippen LogP contribution < -0.4 is 5.73 Å². The number of hydrogen-bond donors (Lipinski definition) is 1. The van der Waals surface area contributed by atoms with Crippen molar-refractivity contribution in [1.29, 1.82) is 0 Å². The number of fused-ring (bicyclic) bond motifs is 2. The van der Waals surface area contributed by atoms with Crippen LogP contribution in [-0.2, 0) is 11.2 Å². The maximum Gasteiger partial charge on any atom is 0.218 e. The molecule has 1 aliphatic heterocycles. The van der Waals surface area contributed by atoms with Gasteiger partial charge in [-0.3, -0.25) is 4.79 Å². The second-order valence-electron chi connectivity index (χ2n) is 4.96. The maximum atomic E-state index is 11.3. The number of benzene rings is 2. The van der Waals surface area contributed by atoms with Crippen LogP contribution in [-0.4, -0.2) is 5.91 Å². The molecule has 0 fully saturated rings. The Balaban J connectivity index is 2.09. The summed E-state index contributed by atoms with van der Waals surface area (Å²) in [6.45, 7) is 0. The Hall–Kier alpha value is -1.45. The van der Waals surface area contributed by atoms with Gasteiger partial charge in [0.25, 0.3) is 0 Å². The Morgan fingerprint density at radius 1 is 1.25 bits per heavy atom.